The lowest BCUT2D eigenvalue weighted by Gasteiger charge is -2.17. The zero-order chi connectivity index (χ0) is 19.9. The van der Waals surface area contributed by atoms with Gasteiger partial charge in [0.1, 0.15) is 5.25 Å². The fourth-order valence-electron chi connectivity index (χ4n) is 2.79. The topological polar surface area (TPSA) is 95.1 Å². The second-order valence-corrected chi connectivity index (χ2v) is 7.27. The van der Waals surface area contributed by atoms with Crippen LogP contribution >= 0.6 is 11.8 Å². The highest BCUT2D eigenvalue weighted by Crippen LogP contribution is 2.34. The van der Waals surface area contributed by atoms with E-state index in [2.05, 4.69) is 15.3 Å². The van der Waals surface area contributed by atoms with Crippen LogP contribution in [0.4, 0.5) is 5.69 Å². The Hall–Kier alpha value is -2.90. The van der Waals surface area contributed by atoms with Gasteiger partial charge in [-0.05, 0) is 24.6 Å². The van der Waals surface area contributed by atoms with Crippen molar-refractivity contribution in [3.8, 4) is 0 Å². The van der Waals surface area contributed by atoms with Crippen LogP contribution in [0.1, 0.15) is 22.1 Å². The third kappa shape index (κ3) is 4.88. The van der Waals surface area contributed by atoms with E-state index in [0.29, 0.717) is 22.1 Å². The largest absolute Gasteiger partial charge is 0.396 e. The van der Waals surface area contributed by atoms with Gasteiger partial charge in [0.05, 0.1) is 0 Å². The zero-order valence-corrected chi connectivity index (χ0v) is 16.2. The molecule has 6 nitrogen and oxygen atoms in total. The Kier molecular flexibility index (Phi) is 6.62. The van der Waals surface area contributed by atoms with E-state index in [0.717, 1.165) is 5.56 Å². The van der Waals surface area contributed by atoms with Crippen LogP contribution in [0.15, 0.2) is 70.6 Å². The quantitative estimate of drug-likeness (QED) is 0.422. The first kappa shape index (κ1) is 19.9. The van der Waals surface area contributed by atoms with Crippen LogP contribution in [0.2, 0.25) is 0 Å². The van der Waals surface area contributed by atoms with E-state index in [1.165, 1.54) is 11.8 Å². The molecule has 1 atom stereocenters. The van der Waals surface area contributed by atoms with Crippen LogP contribution in [-0.2, 0) is 11.2 Å². The first-order valence-electron chi connectivity index (χ1n) is 8.86. The molecule has 3 aromatic rings. The van der Waals surface area contributed by atoms with Crippen molar-refractivity contribution in [1.29, 1.82) is 0 Å². The maximum absolute atomic E-state index is 13.0. The highest BCUT2D eigenvalue weighted by molar-refractivity contribution is 8.00. The fourth-order valence-corrected chi connectivity index (χ4v) is 3.81. The van der Waals surface area contributed by atoms with Crippen molar-refractivity contribution in [2.75, 3.05) is 11.9 Å². The minimum Gasteiger partial charge on any atom is -0.396 e. The lowest BCUT2D eigenvalue weighted by Crippen LogP contribution is -2.21. The van der Waals surface area contributed by atoms with Crippen LogP contribution in [0.5, 0.6) is 0 Å². The molecule has 0 radical (unpaired) electrons. The summed E-state index contributed by atoms with van der Waals surface area (Å²) in [5.74, 6) is -0.206. The van der Waals surface area contributed by atoms with Crippen molar-refractivity contribution in [1.82, 2.24) is 9.97 Å². The van der Waals surface area contributed by atoms with E-state index in [-0.39, 0.29) is 24.5 Å². The summed E-state index contributed by atoms with van der Waals surface area (Å²) in [6.45, 7) is 1.61. The van der Waals surface area contributed by atoms with E-state index in [9.17, 15) is 9.59 Å². The van der Waals surface area contributed by atoms with E-state index >= 15 is 0 Å². The van der Waals surface area contributed by atoms with Crippen molar-refractivity contribution in [2.45, 2.75) is 23.8 Å². The standard InChI is InChI=1S/C21H21N3O3S/c1-14-17(12-13-25)19(26)24-21(22-14)28-18(15-8-4-2-5-9-15)20(27)23-16-10-6-3-7-11-16/h2-11,18,25H,12-13H2,1H3,(H,23,27)(H,22,24,26)/t18-/m1/s1. The Labute approximate surface area is 167 Å². The monoisotopic (exact) mass is 395 g/mol. The number of aliphatic hydroxyl groups excluding tert-OH is 1. The maximum atomic E-state index is 13.0. The molecule has 0 aliphatic rings. The summed E-state index contributed by atoms with van der Waals surface area (Å²) in [4.78, 5) is 32.4. The molecule has 3 rings (SSSR count). The van der Waals surface area contributed by atoms with Gasteiger partial charge in [0.25, 0.3) is 5.56 Å². The maximum Gasteiger partial charge on any atom is 0.255 e. The summed E-state index contributed by atoms with van der Waals surface area (Å²) in [5.41, 5.74) is 2.22. The second kappa shape index (κ2) is 9.34. The molecule has 0 fully saturated rings. The molecule has 0 bridgehead atoms. The number of hydrogen-bond donors (Lipinski definition) is 3. The van der Waals surface area contributed by atoms with Crippen molar-refractivity contribution >= 4 is 23.4 Å². The number of aryl methyl sites for hydroxylation is 1. The molecule has 0 saturated heterocycles. The van der Waals surface area contributed by atoms with Gasteiger partial charge in [-0.3, -0.25) is 9.59 Å². The number of aliphatic hydroxyl groups is 1. The third-order valence-corrected chi connectivity index (χ3v) is 5.31. The predicted octanol–water partition coefficient (Wildman–Crippen LogP) is 3.09. The number of amides is 1. The molecule has 0 spiro atoms. The van der Waals surface area contributed by atoms with Crippen molar-refractivity contribution in [2.24, 2.45) is 0 Å². The molecule has 0 saturated carbocycles. The lowest BCUT2D eigenvalue weighted by molar-refractivity contribution is -0.115. The van der Waals surface area contributed by atoms with E-state index < -0.39 is 5.25 Å². The molecule has 1 heterocycles. The number of rotatable bonds is 7. The summed E-state index contributed by atoms with van der Waals surface area (Å²) in [6.07, 6.45) is 0.246. The van der Waals surface area contributed by atoms with Gasteiger partial charge in [0.2, 0.25) is 5.91 Å². The van der Waals surface area contributed by atoms with Gasteiger partial charge < -0.3 is 15.4 Å². The summed E-state index contributed by atoms with van der Waals surface area (Å²) < 4.78 is 0. The number of carbonyl (C=O) groups is 1. The highest BCUT2D eigenvalue weighted by Gasteiger charge is 2.24. The Morgan fingerprint density at radius 1 is 1.14 bits per heavy atom. The molecule has 0 aliphatic heterocycles. The summed E-state index contributed by atoms with van der Waals surface area (Å²) >= 11 is 1.18. The number of thioether (sulfide) groups is 1. The molecule has 1 amide bonds. The highest BCUT2D eigenvalue weighted by atomic mass is 32.2. The fraction of sp³-hybridized carbons (Fsp3) is 0.190. The minimum absolute atomic E-state index is 0.121. The smallest absolute Gasteiger partial charge is 0.255 e. The van der Waals surface area contributed by atoms with Crippen molar-refractivity contribution in [3.05, 3.63) is 87.8 Å². The number of benzene rings is 2. The number of H-pyrrole nitrogens is 1. The number of para-hydroxylation sites is 1. The summed E-state index contributed by atoms with van der Waals surface area (Å²) in [5, 5.41) is 11.8. The normalized spacial score (nSPS) is 11.8. The number of aromatic amines is 1. The molecular weight excluding hydrogens is 374 g/mol. The predicted molar refractivity (Wildman–Crippen MR) is 110 cm³/mol. The van der Waals surface area contributed by atoms with Gasteiger partial charge >= 0.3 is 0 Å². The zero-order valence-electron chi connectivity index (χ0n) is 15.4. The first-order valence-corrected chi connectivity index (χ1v) is 9.74. The molecule has 28 heavy (non-hydrogen) atoms. The summed E-state index contributed by atoms with van der Waals surface area (Å²) in [7, 11) is 0. The number of carbonyl (C=O) groups excluding carboxylic acids is 1. The van der Waals surface area contributed by atoms with Crippen molar-refractivity contribution in [3.63, 3.8) is 0 Å². The van der Waals surface area contributed by atoms with Gasteiger partial charge in [-0.25, -0.2) is 4.98 Å². The SMILES string of the molecule is Cc1nc(S[C@@H](C(=O)Nc2ccccc2)c2ccccc2)[nH]c(=O)c1CCO. The number of nitrogens with zero attached hydrogens (tertiary/aromatic N) is 1. The average Bonchev–Trinajstić information content (AvgIpc) is 2.70. The van der Waals surface area contributed by atoms with Crippen molar-refractivity contribution < 1.29 is 9.90 Å². The number of aromatic nitrogens is 2. The van der Waals surface area contributed by atoms with Crippen LogP contribution in [0.25, 0.3) is 0 Å². The van der Waals surface area contributed by atoms with Crippen LogP contribution in [0, 0.1) is 6.92 Å². The number of anilines is 1. The van der Waals surface area contributed by atoms with Crippen LogP contribution < -0.4 is 10.9 Å². The Balaban J connectivity index is 1.90. The van der Waals surface area contributed by atoms with Gasteiger partial charge in [-0.2, -0.15) is 0 Å². The molecule has 3 N–H and O–H groups in total. The molecule has 1 aromatic heterocycles. The van der Waals surface area contributed by atoms with Gasteiger partial charge in [-0.1, -0.05) is 60.3 Å². The van der Waals surface area contributed by atoms with Crippen LogP contribution in [0.3, 0.4) is 0 Å². The number of nitrogens with one attached hydrogen (secondary N) is 2. The Morgan fingerprint density at radius 2 is 1.79 bits per heavy atom. The van der Waals surface area contributed by atoms with E-state index in [1.807, 2.05) is 60.7 Å². The average molecular weight is 395 g/mol. The molecule has 144 valence electrons. The van der Waals surface area contributed by atoms with E-state index in [1.54, 1.807) is 6.92 Å². The summed E-state index contributed by atoms with van der Waals surface area (Å²) in [6, 6.07) is 18.6. The Bertz CT molecular complexity index is 991. The first-order chi connectivity index (χ1) is 13.6. The minimum atomic E-state index is -0.590. The number of hydrogen-bond acceptors (Lipinski definition) is 5. The van der Waals surface area contributed by atoms with Gasteiger partial charge in [0.15, 0.2) is 5.16 Å². The molecular formula is C21H21N3O3S. The van der Waals surface area contributed by atoms with Crippen LogP contribution in [-0.4, -0.2) is 27.6 Å². The second-order valence-electron chi connectivity index (χ2n) is 6.17. The molecule has 0 aliphatic carbocycles. The van der Waals surface area contributed by atoms with E-state index in [4.69, 9.17) is 5.11 Å². The molecule has 0 unspecified atom stereocenters. The lowest BCUT2D eigenvalue weighted by atomic mass is 10.1. The molecule has 2 aromatic carbocycles. The van der Waals surface area contributed by atoms with Gasteiger partial charge in [-0.15, -0.1) is 0 Å². The molecule has 7 heteroatoms. The van der Waals surface area contributed by atoms with Gasteiger partial charge in [0, 0.05) is 30.0 Å². The Morgan fingerprint density at radius 3 is 2.39 bits per heavy atom. The third-order valence-electron chi connectivity index (χ3n) is 4.17.